The number of halogens is 2. The van der Waals surface area contributed by atoms with E-state index in [0.29, 0.717) is 37.9 Å². The van der Waals surface area contributed by atoms with E-state index in [1.807, 2.05) is 72.8 Å². The number of esters is 1. The van der Waals surface area contributed by atoms with Crippen LogP contribution in [-0.4, -0.2) is 23.1 Å². The van der Waals surface area contributed by atoms with Crippen LogP contribution >= 0.6 is 22.9 Å². The highest BCUT2D eigenvalue weighted by molar-refractivity contribution is 7.07. The molecule has 7 rings (SSSR count). The fourth-order valence-electron chi connectivity index (χ4n) is 5.90. The summed E-state index contributed by atoms with van der Waals surface area (Å²) >= 11 is 7.54. The predicted molar refractivity (Wildman–Crippen MR) is 175 cm³/mol. The Morgan fingerprint density at radius 2 is 1.63 bits per heavy atom. The number of para-hydroxylation sites is 1. The molecule has 2 aliphatic heterocycles. The van der Waals surface area contributed by atoms with E-state index in [9.17, 15) is 18.8 Å². The van der Waals surface area contributed by atoms with Gasteiger partial charge in [-0.05, 0) is 42.3 Å². The molecule has 1 atom stereocenters. The van der Waals surface area contributed by atoms with Gasteiger partial charge in [0.05, 0.1) is 41.7 Å². The number of hydrogen-bond donors (Lipinski definition) is 0. The summed E-state index contributed by atoms with van der Waals surface area (Å²) in [4.78, 5) is 49.2. The number of rotatable bonds is 6. The van der Waals surface area contributed by atoms with Gasteiger partial charge < -0.3 is 9.64 Å². The molecule has 10 heteroatoms. The van der Waals surface area contributed by atoms with E-state index in [1.165, 1.54) is 28.8 Å². The zero-order chi connectivity index (χ0) is 31.9. The van der Waals surface area contributed by atoms with Crippen LogP contribution in [0.25, 0.3) is 11.3 Å². The third-order valence-electron chi connectivity index (χ3n) is 7.97. The van der Waals surface area contributed by atoms with Gasteiger partial charge in [0.1, 0.15) is 10.3 Å². The van der Waals surface area contributed by atoms with Crippen LogP contribution in [0.1, 0.15) is 35.2 Å². The first-order chi connectivity index (χ1) is 22.4. The van der Waals surface area contributed by atoms with Crippen LogP contribution < -0.4 is 19.8 Å². The molecule has 0 spiro atoms. The van der Waals surface area contributed by atoms with Crippen molar-refractivity contribution in [1.29, 1.82) is 0 Å². The van der Waals surface area contributed by atoms with Gasteiger partial charge in [-0.2, -0.15) is 0 Å². The lowest BCUT2D eigenvalue weighted by Gasteiger charge is -2.25. The quantitative estimate of drug-likeness (QED) is 0.223. The highest BCUT2D eigenvalue weighted by atomic mass is 35.5. The summed E-state index contributed by atoms with van der Waals surface area (Å²) < 4.78 is 21.2. The van der Waals surface area contributed by atoms with E-state index in [1.54, 1.807) is 17.9 Å². The lowest BCUT2D eigenvalue weighted by atomic mass is 9.93. The molecule has 0 radical (unpaired) electrons. The smallest absolute Gasteiger partial charge is 0.338 e. The topological polar surface area (TPSA) is 81.0 Å². The molecule has 0 aliphatic carbocycles. The summed E-state index contributed by atoms with van der Waals surface area (Å²) in [5.74, 6) is -1.46. The lowest BCUT2D eigenvalue weighted by Crippen LogP contribution is -2.41. The number of benzene rings is 4. The van der Waals surface area contributed by atoms with Crippen LogP contribution in [0, 0.1) is 5.82 Å². The van der Waals surface area contributed by atoms with Gasteiger partial charge in [0.25, 0.3) is 11.5 Å². The van der Waals surface area contributed by atoms with Crippen LogP contribution in [-0.2, 0) is 20.9 Å². The molecule has 7 nitrogen and oxygen atoms in total. The SMILES string of the molecule is CCOC(=O)C1=C(c2ccccc2)N=c2s/c(=C3\C(=O)N(Cc4ccccc4Cl)c4ccccc43)c(=O)n2C1c1ccc(F)cc1. The fourth-order valence-corrected chi connectivity index (χ4v) is 7.19. The summed E-state index contributed by atoms with van der Waals surface area (Å²) in [6.45, 7) is 2.00. The largest absolute Gasteiger partial charge is 0.463 e. The van der Waals surface area contributed by atoms with Gasteiger partial charge in [0.15, 0.2) is 4.80 Å². The number of thiazole rings is 1. The first kappa shape index (κ1) is 29.6. The summed E-state index contributed by atoms with van der Waals surface area (Å²) in [6, 6.07) is 28.4. The third kappa shape index (κ3) is 4.98. The minimum atomic E-state index is -0.994. The molecule has 46 heavy (non-hydrogen) atoms. The molecule has 228 valence electrons. The molecule has 0 bridgehead atoms. The highest BCUT2D eigenvalue weighted by Gasteiger charge is 2.38. The average molecular weight is 650 g/mol. The van der Waals surface area contributed by atoms with Gasteiger partial charge in [-0.3, -0.25) is 14.2 Å². The van der Waals surface area contributed by atoms with Crippen molar-refractivity contribution in [3.8, 4) is 0 Å². The highest BCUT2D eigenvalue weighted by Crippen LogP contribution is 2.38. The Labute approximate surface area is 271 Å². The van der Waals surface area contributed by atoms with E-state index < -0.39 is 23.4 Å². The van der Waals surface area contributed by atoms with Crippen molar-refractivity contribution in [2.45, 2.75) is 19.5 Å². The molecule has 0 N–H and O–H groups in total. The number of carbonyl (C=O) groups is 2. The van der Waals surface area contributed by atoms with E-state index in [2.05, 4.69) is 0 Å². The maximum Gasteiger partial charge on any atom is 0.338 e. The third-order valence-corrected chi connectivity index (χ3v) is 9.39. The number of aromatic nitrogens is 1. The first-order valence-corrected chi connectivity index (χ1v) is 15.8. The van der Waals surface area contributed by atoms with Crippen LogP contribution in [0.2, 0.25) is 5.02 Å². The van der Waals surface area contributed by atoms with Crippen LogP contribution in [0.15, 0.2) is 118 Å². The maximum atomic E-state index is 14.5. The molecule has 1 aromatic heterocycles. The second kappa shape index (κ2) is 12.0. The molecule has 0 saturated heterocycles. The van der Waals surface area contributed by atoms with Gasteiger partial charge in [-0.15, -0.1) is 0 Å². The van der Waals surface area contributed by atoms with Gasteiger partial charge in [-0.25, -0.2) is 14.2 Å². The van der Waals surface area contributed by atoms with E-state index >= 15 is 0 Å². The zero-order valence-corrected chi connectivity index (χ0v) is 26.0. The minimum Gasteiger partial charge on any atom is -0.463 e. The summed E-state index contributed by atoms with van der Waals surface area (Å²) in [5.41, 5.74) is 3.38. The lowest BCUT2D eigenvalue weighted by molar-refractivity contribution is -0.138. The summed E-state index contributed by atoms with van der Waals surface area (Å²) in [6.07, 6.45) is 0. The van der Waals surface area contributed by atoms with Crippen molar-refractivity contribution in [3.63, 3.8) is 0 Å². The van der Waals surface area contributed by atoms with Gasteiger partial charge in [-0.1, -0.05) is 102 Å². The van der Waals surface area contributed by atoms with Crippen molar-refractivity contribution >= 4 is 51.8 Å². The first-order valence-electron chi connectivity index (χ1n) is 14.6. The predicted octanol–water partition coefficient (Wildman–Crippen LogP) is 5.65. The monoisotopic (exact) mass is 649 g/mol. The molecular formula is C36H25ClFN3O4S. The van der Waals surface area contributed by atoms with Crippen molar-refractivity contribution in [2.24, 2.45) is 4.99 Å². The standard InChI is InChI=1S/C36H25ClFN3O4S/c1-2-45-35(44)29-30(21-10-4-3-5-11-21)39-36-41(31(29)22-16-18-24(38)19-17-22)34(43)32(46-36)28-25-13-7-9-15-27(25)40(33(28)42)20-23-12-6-8-14-26(23)37/h3-19,31H,2,20H2,1H3/b32-28-. The Morgan fingerprint density at radius 1 is 0.935 bits per heavy atom. The zero-order valence-electron chi connectivity index (χ0n) is 24.4. The molecule has 3 heterocycles. The van der Waals surface area contributed by atoms with Crippen molar-refractivity contribution < 1.29 is 18.7 Å². The Morgan fingerprint density at radius 3 is 2.37 bits per heavy atom. The fraction of sp³-hybridized carbons (Fsp3) is 0.111. The number of nitrogens with zero attached hydrogens (tertiary/aromatic N) is 3. The Hall–Kier alpha value is -5.12. The molecule has 2 aliphatic rings. The van der Waals surface area contributed by atoms with Gasteiger partial charge >= 0.3 is 5.97 Å². The molecule has 0 saturated carbocycles. The van der Waals surface area contributed by atoms with Crippen molar-refractivity contribution in [1.82, 2.24) is 4.57 Å². The molecule has 4 aromatic carbocycles. The summed E-state index contributed by atoms with van der Waals surface area (Å²) in [5, 5.41) is 0.528. The second-order valence-corrected chi connectivity index (χ2v) is 12.1. The van der Waals surface area contributed by atoms with Gasteiger partial charge in [0.2, 0.25) is 0 Å². The van der Waals surface area contributed by atoms with Crippen LogP contribution in [0.3, 0.4) is 0 Å². The van der Waals surface area contributed by atoms with E-state index in [-0.39, 0.29) is 34.7 Å². The van der Waals surface area contributed by atoms with Gasteiger partial charge in [0, 0.05) is 16.1 Å². The molecular weight excluding hydrogens is 625 g/mol. The Balaban J connectivity index is 1.50. The average Bonchev–Trinajstić information content (AvgIpc) is 3.54. The second-order valence-electron chi connectivity index (χ2n) is 10.7. The number of ether oxygens (including phenoxy) is 1. The number of fused-ring (bicyclic) bond motifs is 2. The van der Waals surface area contributed by atoms with E-state index in [4.69, 9.17) is 21.3 Å². The maximum absolute atomic E-state index is 14.5. The van der Waals surface area contributed by atoms with Crippen LogP contribution in [0.4, 0.5) is 10.1 Å². The number of hydrogen-bond acceptors (Lipinski definition) is 6. The minimum absolute atomic E-state index is 0.0989. The van der Waals surface area contributed by atoms with Crippen molar-refractivity contribution in [2.75, 3.05) is 11.5 Å². The number of amides is 1. The van der Waals surface area contributed by atoms with Crippen molar-refractivity contribution in [3.05, 3.63) is 161 Å². The summed E-state index contributed by atoms with van der Waals surface area (Å²) in [7, 11) is 0. The molecule has 1 amide bonds. The van der Waals surface area contributed by atoms with E-state index in [0.717, 1.165) is 16.9 Å². The number of anilines is 1. The Bertz CT molecular complexity index is 2240. The van der Waals surface area contributed by atoms with Crippen LogP contribution in [0.5, 0.6) is 0 Å². The molecule has 0 fully saturated rings. The molecule has 5 aromatic rings. The molecule has 1 unspecified atom stereocenters. The normalized spacial score (nSPS) is 16.6. The number of carbonyl (C=O) groups excluding carboxylic acids is 2. The Kier molecular flexibility index (Phi) is 7.72.